The van der Waals surface area contributed by atoms with Crippen molar-refractivity contribution in [2.75, 3.05) is 0 Å². The lowest BCUT2D eigenvalue weighted by Gasteiger charge is -2.16. The summed E-state index contributed by atoms with van der Waals surface area (Å²) in [6.45, 7) is 1.90. The van der Waals surface area contributed by atoms with E-state index < -0.39 is 11.7 Å². The van der Waals surface area contributed by atoms with Crippen molar-refractivity contribution in [2.45, 2.75) is 31.9 Å². The third kappa shape index (κ3) is 2.80. The Labute approximate surface area is 59.7 Å². The van der Waals surface area contributed by atoms with Crippen LogP contribution >= 0.6 is 0 Å². The summed E-state index contributed by atoms with van der Waals surface area (Å²) in [5.74, 6) is -1.36. The fourth-order valence-corrected chi connectivity index (χ4v) is 0.553. The number of nitrogens with two attached hydrogens (primary N) is 1. The summed E-state index contributed by atoms with van der Waals surface area (Å²) in [7, 11) is 0. The van der Waals surface area contributed by atoms with Gasteiger partial charge in [-0.1, -0.05) is 13.3 Å². The largest absolute Gasteiger partial charge is 0.478 e. The first-order valence-corrected chi connectivity index (χ1v) is 3.25. The lowest BCUT2D eigenvalue weighted by atomic mass is 10.1. The molecule has 0 aromatic rings. The molecule has 0 rings (SSSR count). The van der Waals surface area contributed by atoms with Gasteiger partial charge in [0.1, 0.15) is 0 Å². The van der Waals surface area contributed by atoms with E-state index >= 15 is 0 Å². The molecule has 0 bridgehead atoms. The van der Waals surface area contributed by atoms with Gasteiger partial charge >= 0.3 is 5.97 Å². The highest BCUT2D eigenvalue weighted by molar-refractivity contribution is 5.75. The molecule has 0 saturated heterocycles. The van der Waals surface area contributed by atoms with Gasteiger partial charge in [0.2, 0.25) is 5.72 Å². The molecule has 0 aliphatic heterocycles. The number of unbranched alkanes of at least 4 members (excludes halogenated alkanes) is 1. The number of rotatable bonds is 4. The number of aliphatic carboxylic acids is 1. The zero-order valence-electron chi connectivity index (χ0n) is 6.00. The molecule has 0 spiro atoms. The van der Waals surface area contributed by atoms with E-state index in [0.29, 0.717) is 6.42 Å². The van der Waals surface area contributed by atoms with Gasteiger partial charge in [0, 0.05) is 6.42 Å². The van der Waals surface area contributed by atoms with Crippen LogP contribution in [-0.2, 0) is 4.79 Å². The standard InChI is InChI=1S/C6H13NO3/c1-2-3-4-6(7,10)5(8)9/h10H,2-4,7H2,1H3,(H,8,9). The third-order valence-electron chi connectivity index (χ3n) is 1.28. The molecule has 60 valence electrons. The molecule has 1 unspecified atom stereocenters. The quantitative estimate of drug-likeness (QED) is 0.485. The molecule has 4 nitrogen and oxygen atoms in total. The fourth-order valence-electron chi connectivity index (χ4n) is 0.553. The van der Waals surface area contributed by atoms with Gasteiger partial charge in [-0.3, -0.25) is 5.73 Å². The van der Waals surface area contributed by atoms with E-state index in [1.54, 1.807) is 0 Å². The third-order valence-corrected chi connectivity index (χ3v) is 1.28. The van der Waals surface area contributed by atoms with E-state index in [-0.39, 0.29) is 6.42 Å². The lowest BCUT2D eigenvalue weighted by Crippen LogP contribution is -2.47. The molecule has 4 heteroatoms. The molecular formula is C6H13NO3. The van der Waals surface area contributed by atoms with E-state index in [9.17, 15) is 4.79 Å². The number of hydrogen-bond donors (Lipinski definition) is 3. The fraction of sp³-hybridized carbons (Fsp3) is 0.833. The topological polar surface area (TPSA) is 83.5 Å². The van der Waals surface area contributed by atoms with Crippen LogP contribution in [0.3, 0.4) is 0 Å². The van der Waals surface area contributed by atoms with E-state index in [4.69, 9.17) is 15.9 Å². The average Bonchev–Trinajstić information content (AvgIpc) is 1.84. The zero-order valence-corrected chi connectivity index (χ0v) is 6.00. The Hall–Kier alpha value is -0.610. The smallest absolute Gasteiger partial charge is 0.350 e. The van der Waals surface area contributed by atoms with Gasteiger partial charge in [0.15, 0.2) is 0 Å². The van der Waals surface area contributed by atoms with Crippen molar-refractivity contribution in [3.05, 3.63) is 0 Å². The zero-order chi connectivity index (χ0) is 8.20. The average molecular weight is 147 g/mol. The summed E-state index contributed by atoms with van der Waals surface area (Å²) in [5.41, 5.74) is 2.97. The molecule has 10 heavy (non-hydrogen) atoms. The van der Waals surface area contributed by atoms with Gasteiger partial charge in [-0.15, -0.1) is 0 Å². The van der Waals surface area contributed by atoms with E-state index in [1.165, 1.54) is 0 Å². The van der Waals surface area contributed by atoms with E-state index in [0.717, 1.165) is 6.42 Å². The minimum Gasteiger partial charge on any atom is -0.478 e. The van der Waals surface area contributed by atoms with E-state index in [1.807, 2.05) is 6.92 Å². The molecule has 0 fully saturated rings. The first-order chi connectivity index (χ1) is 4.50. The highest BCUT2D eigenvalue weighted by atomic mass is 16.4. The second kappa shape index (κ2) is 3.53. The van der Waals surface area contributed by atoms with Gasteiger partial charge in [-0.05, 0) is 6.42 Å². The number of carboxylic acid groups (broad SMARTS) is 1. The molecule has 4 N–H and O–H groups in total. The molecule has 0 aliphatic rings. The molecule has 0 aromatic carbocycles. The molecule has 0 aromatic heterocycles. The van der Waals surface area contributed by atoms with Crippen molar-refractivity contribution in [1.29, 1.82) is 0 Å². The summed E-state index contributed by atoms with van der Waals surface area (Å²) in [4.78, 5) is 10.2. The van der Waals surface area contributed by atoms with Crippen LogP contribution in [0.5, 0.6) is 0 Å². The van der Waals surface area contributed by atoms with Gasteiger partial charge in [0.05, 0.1) is 0 Å². The number of carboxylic acids is 1. The van der Waals surface area contributed by atoms with Gasteiger partial charge in [-0.2, -0.15) is 0 Å². The van der Waals surface area contributed by atoms with Crippen LogP contribution in [0.2, 0.25) is 0 Å². The van der Waals surface area contributed by atoms with Crippen LogP contribution in [0.25, 0.3) is 0 Å². The molecule has 0 radical (unpaired) electrons. The van der Waals surface area contributed by atoms with Crippen molar-refractivity contribution >= 4 is 5.97 Å². The first kappa shape index (κ1) is 9.39. The van der Waals surface area contributed by atoms with E-state index in [2.05, 4.69) is 0 Å². The Kier molecular flexibility index (Phi) is 3.32. The van der Waals surface area contributed by atoms with Crippen molar-refractivity contribution in [3.63, 3.8) is 0 Å². The van der Waals surface area contributed by atoms with Crippen LogP contribution in [0, 0.1) is 0 Å². The predicted molar refractivity (Wildman–Crippen MR) is 36.3 cm³/mol. The molecular weight excluding hydrogens is 134 g/mol. The van der Waals surface area contributed by atoms with Crippen molar-refractivity contribution in [1.82, 2.24) is 0 Å². The summed E-state index contributed by atoms with van der Waals surface area (Å²) < 4.78 is 0. The second-order valence-electron chi connectivity index (χ2n) is 2.33. The number of hydrogen-bond acceptors (Lipinski definition) is 3. The predicted octanol–water partition coefficient (Wildman–Crippen LogP) is -0.0915. The summed E-state index contributed by atoms with van der Waals surface area (Å²) in [6, 6.07) is 0. The van der Waals surface area contributed by atoms with Crippen LogP contribution in [0.15, 0.2) is 0 Å². The van der Waals surface area contributed by atoms with Crippen molar-refractivity contribution < 1.29 is 15.0 Å². The molecule has 0 amide bonds. The van der Waals surface area contributed by atoms with Gasteiger partial charge < -0.3 is 10.2 Å². The lowest BCUT2D eigenvalue weighted by molar-refractivity contribution is -0.158. The Morgan fingerprint density at radius 2 is 2.20 bits per heavy atom. The van der Waals surface area contributed by atoms with Gasteiger partial charge in [0.25, 0.3) is 0 Å². The highest BCUT2D eigenvalue weighted by Gasteiger charge is 2.29. The maximum atomic E-state index is 10.2. The van der Waals surface area contributed by atoms with Crippen molar-refractivity contribution in [2.24, 2.45) is 5.73 Å². The Balaban J connectivity index is 3.75. The summed E-state index contributed by atoms with van der Waals surface area (Å²) in [5, 5.41) is 17.2. The number of aliphatic hydroxyl groups is 1. The van der Waals surface area contributed by atoms with Crippen LogP contribution in [0.1, 0.15) is 26.2 Å². The Morgan fingerprint density at radius 3 is 2.50 bits per heavy atom. The van der Waals surface area contributed by atoms with Crippen molar-refractivity contribution in [3.8, 4) is 0 Å². The Bertz CT molecular complexity index is 122. The maximum absolute atomic E-state index is 10.2. The highest BCUT2D eigenvalue weighted by Crippen LogP contribution is 2.07. The molecule has 1 atom stereocenters. The van der Waals surface area contributed by atoms with Crippen LogP contribution in [-0.4, -0.2) is 21.9 Å². The summed E-state index contributed by atoms with van der Waals surface area (Å²) >= 11 is 0. The molecule has 0 heterocycles. The molecule has 0 aliphatic carbocycles. The second-order valence-corrected chi connectivity index (χ2v) is 2.33. The number of carbonyl (C=O) groups is 1. The summed E-state index contributed by atoms with van der Waals surface area (Å²) in [6.07, 6.45) is 1.56. The first-order valence-electron chi connectivity index (χ1n) is 3.25. The molecule has 0 saturated carbocycles. The van der Waals surface area contributed by atoms with Gasteiger partial charge in [-0.25, -0.2) is 4.79 Å². The Morgan fingerprint density at radius 1 is 1.70 bits per heavy atom. The SMILES string of the molecule is CCCCC(N)(O)C(=O)O. The monoisotopic (exact) mass is 147 g/mol. The minimum absolute atomic E-state index is 0.110. The maximum Gasteiger partial charge on any atom is 0.350 e. The normalized spacial score (nSPS) is 16.3. The minimum atomic E-state index is -2.03. The van der Waals surface area contributed by atoms with Crippen LogP contribution < -0.4 is 5.73 Å². The van der Waals surface area contributed by atoms with Crippen LogP contribution in [0.4, 0.5) is 0 Å².